The van der Waals surface area contributed by atoms with Gasteiger partial charge in [0.1, 0.15) is 17.9 Å². The molecular formula is C16H13F3N2O7. The molecule has 0 unspecified atom stereocenters. The lowest BCUT2D eigenvalue weighted by atomic mass is 10.2. The maximum absolute atomic E-state index is 11.9. The van der Waals surface area contributed by atoms with Crippen LogP contribution in [0, 0.1) is 0 Å². The number of carbonyl (C=O) groups is 3. The van der Waals surface area contributed by atoms with E-state index in [1.807, 2.05) is 0 Å². The van der Waals surface area contributed by atoms with E-state index in [0.29, 0.717) is 5.39 Å². The Kier molecular flexibility index (Phi) is 6.58. The van der Waals surface area contributed by atoms with Gasteiger partial charge in [0.05, 0.1) is 0 Å². The maximum atomic E-state index is 11.9. The van der Waals surface area contributed by atoms with Gasteiger partial charge in [-0.2, -0.15) is 13.2 Å². The molecule has 0 aliphatic carbocycles. The quantitative estimate of drug-likeness (QED) is 0.548. The highest BCUT2D eigenvalue weighted by Crippen LogP contribution is 2.19. The molecule has 1 aromatic heterocycles. The zero-order valence-electron chi connectivity index (χ0n) is 14.0. The molecule has 0 aliphatic rings. The van der Waals surface area contributed by atoms with E-state index in [1.165, 1.54) is 23.5 Å². The largest absolute Gasteiger partial charge is 0.482 e. The average Bonchev–Trinajstić information content (AvgIpc) is 2.62. The number of amides is 3. The highest BCUT2D eigenvalue weighted by Gasteiger charge is 2.28. The predicted molar refractivity (Wildman–Crippen MR) is 86.5 cm³/mol. The van der Waals surface area contributed by atoms with Crippen LogP contribution >= 0.6 is 0 Å². The predicted octanol–water partition coefficient (Wildman–Crippen LogP) is 1.10. The van der Waals surface area contributed by atoms with Gasteiger partial charge in [0.2, 0.25) is 0 Å². The number of fused-ring (bicyclic) bond motifs is 1. The molecule has 0 radical (unpaired) electrons. The first-order chi connectivity index (χ1) is 13.1. The number of urea groups is 1. The molecule has 0 fully saturated rings. The van der Waals surface area contributed by atoms with Crippen molar-refractivity contribution in [1.82, 2.24) is 10.6 Å². The number of ether oxygens (including phenoxy) is 2. The molecule has 0 spiro atoms. The summed E-state index contributed by atoms with van der Waals surface area (Å²) in [5.74, 6) is -1.91. The molecule has 150 valence electrons. The highest BCUT2D eigenvalue weighted by atomic mass is 19.4. The number of hydrogen-bond acceptors (Lipinski definition) is 7. The summed E-state index contributed by atoms with van der Waals surface area (Å²) in [6.45, 7) is -3.12. The van der Waals surface area contributed by atoms with Gasteiger partial charge < -0.3 is 19.2 Å². The monoisotopic (exact) mass is 402 g/mol. The van der Waals surface area contributed by atoms with Crippen molar-refractivity contribution in [3.63, 3.8) is 0 Å². The second kappa shape index (κ2) is 8.88. The van der Waals surface area contributed by atoms with Crippen LogP contribution in [-0.2, 0) is 14.3 Å². The summed E-state index contributed by atoms with van der Waals surface area (Å²) in [6, 6.07) is 5.88. The minimum Gasteiger partial charge on any atom is -0.482 e. The fraction of sp³-hybridized carbons (Fsp3) is 0.250. The molecule has 3 amide bonds. The summed E-state index contributed by atoms with van der Waals surface area (Å²) in [5.41, 5.74) is -0.322. The Hall–Kier alpha value is -3.57. The smallest absolute Gasteiger partial charge is 0.405 e. The van der Waals surface area contributed by atoms with Crippen molar-refractivity contribution in [2.45, 2.75) is 6.18 Å². The van der Waals surface area contributed by atoms with E-state index in [2.05, 4.69) is 4.74 Å². The molecule has 12 heteroatoms. The summed E-state index contributed by atoms with van der Waals surface area (Å²) >= 11 is 0. The number of benzene rings is 1. The molecule has 0 saturated carbocycles. The van der Waals surface area contributed by atoms with Gasteiger partial charge in [-0.1, -0.05) is 0 Å². The minimum absolute atomic E-state index is 0.190. The third kappa shape index (κ3) is 6.97. The van der Waals surface area contributed by atoms with Crippen LogP contribution in [0.15, 0.2) is 39.5 Å². The van der Waals surface area contributed by atoms with Crippen molar-refractivity contribution >= 4 is 28.9 Å². The molecule has 2 aromatic rings. The summed E-state index contributed by atoms with van der Waals surface area (Å²) in [4.78, 5) is 45.1. The topological polar surface area (TPSA) is 124 Å². The van der Waals surface area contributed by atoms with Crippen LogP contribution in [-0.4, -0.2) is 43.8 Å². The van der Waals surface area contributed by atoms with Gasteiger partial charge in [-0.25, -0.2) is 14.4 Å². The summed E-state index contributed by atoms with van der Waals surface area (Å²) in [6.07, 6.45) is -4.63. The van der Waals surface area contributed by atoms with Crippen LogP contribution in [0.5, 0.6) is 5.75 Å². The Morgan fingerprint density at radius 3 is 2.50 bits per heavy atom. The zero-order chi connectivity index (χ0) is 20.7. The number of esters is 1. The molecule has 0 aliphatic heterocycles. The average molecular weight is 402 g/mol. The van der Waals surface area contributed by atoms with Crippen molar-refractivity contribution in [1.29, 1.82) is 0 Å². The molecule has 0 saturated heterocycles. The van der Waals surface area contributed by atoms with Crippen molar-refractivity contribution in [2.24, 2.45) is 0 Å². The van der Waals surface area contributed by atoms with Gasteiger partial charge in [0, 0.05) is 17.5 Å². The lowest BCUT2D eigenvalue weighted by molar-refractivity contribution is -0.150. The Balaban J connectivity index is 1.74. The first-order valence-corrected chi connectivity index (χ1v) is 7.59. The van der Waals surface area contributed by atoms with Crippen LogP contribution < -0.4 is 21.0 Å². The Bertz CT molecular complexity index is 940. The molecule has 1 heterocycles. The lowest BCUT2D eigenvalue weighted by Gasteiger charge is -2.09. The zero-order valence-corrected chi connectivity index (χ0v) is 14.0. The van der Waals surface area contributed by atoms with Crippen molar-refractivity contribution < 1.29 is 41.4 Å². The molecule has 0 bridgehead atoms. The molecule has 2 rings (SSSR count). The Morgan fingerprint density at radius 1 is 1.07 bits per heavy atom. The number of alkyl halides is 3. The van der Waals surface area contributed by atoms with E-state index < -0.39 is 49.5 Å². The van der Waals surface area contributed by atoms with Gasteiger partial charge in [-0.05, 0) is 18.2 Å². The summed E-state index contributed by atoms with van der Waals surface area (Å²) in [7, 11) is 0. The number of carbonyl (C=O) groups excluding carboxylic acids is 3. The molecule has 0 atom stereocenters. The Labute approximate surface area is 154 Å². The van der Waals surface area contributed by atoms with E-state index in [-0.39, 0.29) is 11.3 Å². The number of imide groups is 1. The SMILES string of the molecule is O=C(COC(=O)COc1ccc2ccc(=O)oc2c1)NC(=O)NCC(F)(F)F. The van der Waals surface area contributed by atoms with Crippen LogP contribution in [0.3, 0.4) is 0 Å². The van der Waals surface area contributed by atoms with Gasteiger partial charge in [-0.15, -0.1) is 0 Å². The summed E-state index contributed by atoms with van der Waals surface area (Å²) < 4.78 is 50.3. The van der Waals surface area contributed by atoms with Crippen LogP contribution in [0.25, 0.3) is 11.0 Å². The molecule has 2 N–H and O–H groups in total. The molecule has 1 aromatic carbocycles. The highest BCUT2D eigenvalue weighted by molar-refractivity contribution is 5.95. The lowest BCUT2D eigenvalue weighted by Crippen LogP contribution is -2.44. The van der Waals surface area contributed by atoms with E-state index in [9.17, 15) is 32.3 Å². The molecule has 28 heavy (non-hydrogen) atoms. The Morgan fingerprint density at radius 2 is 1.79 bits per heavy atom. The van der Waals surface area contributed by atoms with E-state index in [4.69, 9.17) is 9.15 Å². The normalized spacial score (nSPS) is 11.0. The fourth-order valence-electron chi connectivity index (χ4n) is 1.85. The third-order valence-corrected chi connectivity index (χ3v) is 3.02. The van der Waals surface area contributed by atoms with Crippen LogP contribution in [0.1, 0.15) is 0 Å². The number of halogens is 3. The van der Waals surface area contributed by atoms with Gasteiger partial charge in [-0.3, -0.25) is 10.1 Å². The third-order valence-electron chi connectivity index (χ3n) is 3.02. The number of rotatable bonds is 6. The summed E-state index contributed by atoms with van der Waals surface area (Å²) in [5, 5.41) is 3.61. The number of nitrogens with one attached hydrogen (secondary N) is 2. The maximum Gasteiger partial charge on any atom is 0.405 e. The van der Waals surface area contributed by atoms with E-state index in [1.54, 1.807) is 17.4 Å². The van der Waals surface area contributed by atoms with Gasteiger partial charge in [0.15, 0.2) is 13.2 Å². The van der Waals surface area contributed by atoms with Crippen molar-refractivity contribution in [3.05, 3.63) is 40.8 Å². The first-order valence-electron chi connectivity index (χ1n) is 7.59. The van der Waals surface area contributed by atoms with Crippen LogP contribution in [0.4, 0.5) is 18.0 Å². The second-order valence-electron chi connectivity index (χ2n) is 5.25. The first kappa shape index (κ1) is 20.7. The van der Waals surface area contributed by atoms with E-state index in [0.717, 1.165) is 0 Å². The standard InChI is InChI=1S/C16H13F3N2O7/c17-16(18,19)8-20-15(25)21-12(22)6-27-14(24)7-26-10-3-1-9-2-4-13(23)28-11(9)5-10/h1-5H,6-8H2,(H2,20,21,22,25). The van der Waals surface area contributed by atoms with Crippen LogP contribution in [0.2, 0.25) is 0 Å². The van der Waals surface area contributed by atoms with E-state index >= 15 is 0 Å². The minimum atomic E-state index is -4.63. The number of hydrogen-bond donors (Lipinski definition) is 2. The van der Waals surface area contributed by atoms with Gasteiger partial charge in [0.25, 0.3) is 5.91 Å². The van der Waals surface area contributed by atoms with Crippen molar-refractivity contribution in [3.8, 4) is 5.75 Å². The second-order valence-corrected chi connectivity index (χ2v) is 5.25. The van der Waals surface area contributed by atoms with Crippen molar-refractivity contribution in [2.75, 3.05) is 19.8 Å². The molecular weight excluding hydrogens is 389 g/mol. The fourth-order valence-corrected chi connectivity index (χ4v) is 1.85. The molecule has 9 nitrogen and oxygen atoms in total. The van der Waals surface area contributed by atoms with Gasteiger partial charge >= 0.3 is 23.8 Å².